The maximum atomic E-state index is 12.2. The van der Waals surface area contributed by atoms with Crippen molar-refractivity contribution in [1.29, 1.82) is 0 Å². The molecule has 4 rings (SSSR count). The van der Waals surface area contributed by atoms with Crippen LogP contribution in [0.2, 0.25) is 0 Å². The Morgan fingerprint density at radius 3 is 2.79 bits per heavy atom. The smallest absolute Gasteiger partial charge is 0.242 e. The number of hydrogen-bond donors (Lipinski definition) is 2. The average Bonchev–Trinajstić information content (AvgIpc) is 3.38. The summed E-state index contributed by atoms with van der Waals surface area (Å²) in [6.07, 6.45) is 5.19. The predicted molar refractivity (Wildman–Crippen MR) is 114 cm³/mol. The van der Waals surface area contributed by atoms with E-state index in [2.05, 4.69) is 24.9 Å². The summed E-state index contributed by atoms with van der Waals surface area (Å²) >= 11 is 1.62. The monoisotopic (exact) mass is 431 g/mol. The van der Waals surface area contributed by atoms with E-state index in [0.717, 1.165) is 28.4 Å². The molecule has 0 atom stereocenters. The lowest BCUT2D eigenvalue weighted by Gasteiger charge is -2.11. The Balaban J connectivity index is 1.34. The molecular formula is C19H21N5O3S2. The molecule has 3 heterocycles. The molecule has 1 fully saturated rings. The first-order chi connectivity index (χ1) is 14.0. The Bertz CT molecular complexity index is 1110. The number of fused-ring (bicyclic) bond motifs is 1. The van der Waals surface area contributed by atoms with Crippen LogP contribution >= 0.6 is 11.3 Å². The second kappa shape index (κ2) is 8.44. The standard InChI is InChI=1S/C19H21N5O3S2/c25-18(7-9-21-29(26,27)15-4-3-8-20-13-15)22-14-5-6-16-17(12-14)28-19(23-16)24-10-1-2-11-24/h3-6,8,12-13,21H,1-2,7,9-11H2,(H,22,25). The summed E-state index contributed by atoms with van der Waals surface area (Å²) in [6, 6.07) is 8.62. The number of aromatic nitrogens is 2. The van der Waals surface area contributed by atoms with Gasteiger partial charge >= 0.3 is 0 Å². The van der Waals surface area contributed by atoms with Crippen LogP contribution in [0.1, 0.15) is 19.3 Å². The molecule has 8 nitrogen and oxygen atoms in total. The molecular weight excluding hydrogens is 410 g/mol. The first kappa shape index (κ1) is 19.7. The molecule has 0 aliphatic carbocycles. The molecule has 1 aliphatic rings. The normalized spacial score (nSPS) is 14.4. The highest BCUT2D eigenvalue weighted by Crippen LogP contribution is 2.32. The van der Waals surface area contributed by atoms with Gasteiger partial charge in [0, 0.05) is 44.1 Å². The van der Waals surface area contributed by atoms with Crippen LogP contribution in [-0.4, -0.2) is 43.9 Å². The van der Waals surface area contributed by atoms with E-state index in [0.29, 0.717) is 5.69 Å². The lowest BCUT2D eigenvalue weighted by molar-refractivity contribution is -0.116. The topological polar surface area (TPSA) is 104 Å². The van der Waals surface area contributed by atoms with Crippen LogP contribution in [0.3, 0.4) is 0 Å². The molecule has 10 heteroatoms. The zero-order chi connectivity index (χ0) is 20.3. The van der Waals surface area contributed by atoms with Gasteiger partial charge in [-0.15, -0.1) is 0 Å². The summed E-state index contributed by atoms with van der Waals surface area (Å²) in [4.78, 5) is 23.0. The van der Waals surface area contributed by atoms with Gasteiger partial charge in [0.1, 0.15) is 4.90 Å². The van der Waals surface area contributed by atoms with Crippen LogP contribution in [0.25, 0.3) is 10.2 Å². The van der Waals surface area contributed by atoms with Crippen LogP contribution in [0.5, 0.6) is 0 Å². The third-order valence-corrected chi connectivity index (χ3v) is 7.15. The fourth-order valence-electron chi connectivity index (χ4n) is 3.15. The Kier molecular flexibility index (Phi) is 5.74. The van der Waals surface area contributed by atoms with E-state index in [9.17, 15) is 13.2 Å². The first-order valence-electron chi connectivity index (χ1n) is 9.36. The van der Waals surface area contributed by atoms with Gasteiger partial charge in [-0.2, -0.15) is 0 Å². The van der Waals surface area contributed by atoms with Crippen molar-refractivity contribution in [3.05, 3.63) is 42.7 Å². The van der Waals surface area contributed by atoms with E-state index >= 15 is 0 Å². The summed E-state index contributed by atoms with van der Waals surface area (Å²) in [7, 11) is -3.67. The molecule has 3 aromatic rings. The van der Waals surface area contributed by atoms with Crippen molar-refractivity contribution >= 4 is 48.3 Å². The van der Waals surface area contributed by atoms with Gasteiger partial charge in [0.2, 0.25) is 15.9 Å². The van der Waals surface area contributed by atoms with E-state index in [1.54, 1.807) is 17.4 Å². The number of carbonyl (C=O) groups is 1. The number of sulfonamides is 1. The van der Waals surface area contributed by atoms with Crippen molar-refractivity contribution in [3.8, 4) is 0 Å². The minimum Gasteiger partial charge on any atom is -0.348 e. The number of carbonyl (C=O) groups excluding carboxylic acids is 1. The first-order valence-corrected chi connectivity index (χ1v) is 11.7. The molecule has 0 spiro atoms. The Hall–Kier alpha value is -2.56. The third kappa shape index (κ3) is 4.72. The molecule has 152 valence electrons. The van der Waals surface area contributed by atoms with Gasteiger partial charge in [0.25, 0.3) is 0 Å². The Labute approximate surface area is 173 Å². The number of nitrogens with one attached hydrogen (secondary N) is 2. The molecule has 2 N–H and O–H groups in total. The van der Waals surface area contributed by atoms with Gasteiger partial charge in [-0.25, -0.2) is 18.1 Å². The second-order valence-electron chi connectivity index (χ2n) is 6.76. The summed E-state index contributed by atoms with van der Waals surface area (Å²) in [5.41, 5.74) is 1.59. The fraction of sp³-hybridized carbons (Fsp3) is 0.316. The molecule has 2 aromatic heterocycles. The van der Waals surface area contributed by atoms with Crippen LogP contribution in [0.15, 0.2) is 47.6 Å². The van der Waals surface area contributed by atoms with E-state index < -0.39 is 10.0 Å². The zero-order valence-electron chi connectivity index (χ0n) is 15.7. The summed E-state index contributed by atoms with van der Waals surface area (Å²) in [5, 5.41) is 3.84. The van der Waals surface area contributed by atoms with Gasteiger partial charge < -0.3 is 10.2 Å². The van der Waals surface area contributed by atoms with E-state index in [1.807, 2.05) is 18.2 Å². The molecule has 1 amide bonds. The zero-order valence-corrected chi connectivity index (χ0v) is 17.3. The molecule has 0 saturated carbocycles. The maximum absolute atomic E-state index is 12.2. The number of rotatable bonds is 7. The number of thiazole rings is 1. The van der Waals surface area contributed by atoms with Crippen LogP contribution in [-0.2, 0) is 14.8 Å². The summed E-state index contributed by atoms with van der Waals surface area (Å²) < 4.78 is 27.7. The summed E-state index contributed by atoms with van der Waals surface area (Å²) in [5.74, 6) is -0.262. The lowest BCUT2D eigenvalue weighted by atomic mass is 10.3. The third-order valence-electron chi connectivity index (χ3n) is 4.63. The van der Waals surface area contributed by atoms with Crippen LogP contribution in [0.4, 0.5) is 10.8 Å². The molecule has 29 heavy (non-hydrogen) atoms. The van der Waals surface area contributed by atoms with Gasteiger partial charge in [-0.05, 0) is 43.2 Å². The van der Waals surface area contributed by atoms with Gasteiger partial charge in [-0.3, -0.25) is 9.78 Å². The SMILES string of the molecule is O=C(CCNS(=O)(=O)c1cccnc1)Nc1ccc2nc(N3CCCC3)sc2c1. The predicted octanol–water partition coefficient (Wildman–Crippen LogP) is 2.60. The Morgan fingerprint density at radius 1 is 1.21 bits per heavy atom. The number of anilines is 2. The van der Waals surface area contributed by atoms with Crippen molar-refractivity contribution < 1.29 is 13.2 Å². The molecule has 1 saturated heterocycles. The van der Waals surface area contributed by atoms with Gasteiger partial charge in [-0.1, -0.05) is 11.3 Å². The summed E-state index contributed by atoms with van der Waals surface area (Å²) in [6.45, 7) is 2.09. The van der Waals surface area contributed by atoms with Crippen molar-refractivity contribution in [2.45, 2.75) is 24.2 Å². The molecule has 0 bridgehead atoms. The van der Waals surface area contributed by atoms with E-state index in [1.165, 1.54) is 31.3 Å². The fourth-order valence-corrected chi connectivity index (χ4v) is 5.20. The molecule has 1 aliphatic heterocycles. The highest BCUT2D eigenvalue weighted by atomic mass is 32.2. The van der Waals surface area contributed by atoms with Crippen LogP contribution < -0.4 is 14.9 Å². The van der Waals surface area contributed by atoms with Crippen molar-refractivity contribution in [3.63, 3.8) is 0 Å². The van der Waals surface area contributed by atoms with E-state index in [4.69, 9.17) is 0 Å². The number of hydrogen-bond acceptors (Lipinski definition) is 7. The van der Waals surface area contributed by atoms with Crippen LogP contribution in [0, 0.1) is 0 Å². The second-order valence-corrected chi connectivity index (χ2v) is 9.53. The largest absolute Gasteiger partial charge is 0.348 e. The lowest BCUT2D eigenvalue weighted by Crippen LogP contribution is -2.27. The van der Waals surface area contributed by atoms with Gasteiger partial charge in [0.15, 0.2) is 5.13 Å². The highest BCUT2D eigenvalue weighted by Gasteiger charge is 2.17. The minimum absolute atomic E-state index is 0.00493. The number of amides is 1. The van der Waals surface area contributed by atoms with Crippen molar-refractivity contribution in [2.75, 3.05) is 29.9 Å². The van der Waals surface area contributed by atoms with Gasteiger partial charge in [0.05, 0.1) is 10.2 Å². The minimum atomic E-state index is -3.67. The number of pyridine rings is 1. The molecule has 0 radical (unpaired) electrons. The number of nitrogens with zero attached hydrogens (tertiary/aromatic N) is 3. The molecule has 0 unspecified atom stereocenters. The highest BCUT2D eigenvalue weighted by molar-refractivity contribution is 7.89. The number of benzene rings is 1. The molecule has 1 aromatic carbocycles. The quantitative estimate of drug-likeness (QED) is 0.596. The average molecular weight is 432 g/mol. The van der Waals surface area contributed by atoms with Crippen molar-refractivity contribution in [1.82, 2.24) is 14.7 Å². The van der Waals surface area contributed by atoms with Crippen molar-refractivity contribution in [2.24, 2.45) is 0 Å². The van der Waals surface area contributed by atoms with E-state index in [-0.39, 0.29) is 23.8 Å². The Morgan fingerprint density at radius 2 is 2.03 bits per heavy atom. The maximum Gasteiger partial charge on any atom is 0.242 e.